The molecule has 5 nitrogen and oxygen atoms in total. The summed E-state index contributed by atoms with van der Waals surface area (Å²) in [6.45, 7) is 1.54. The van der Waals surface area contributed by atoms with Crippen molar-refractivity contribution in [2.45, 2.75) is 6.92 Å². The summed E-state index contributed by atoms with van der Waals surface area (Å²) in [5.41, 5.74) is 3.93. The van der Waals surface area contributed by atoms with Crippen LogP contribution in [0.15, 0.2) is 76.3 Å². The van der Waals surface area contributed by atoms with Crippen molar-refractivity contribution < 1.29 is 9.59 Å². The molecule has 1 atom stereocenters. The van der Waals surface area contributed by atoms with Crippen molar-refractivity contribution in [1.29, 1.82) is 0 Å². The Kier molecular flexibility index (Phi) is 5.98. The summed E-state index contributed by atoms with van der Waals surface area (Å²) in [5, 5.41) is 8.86. The fourth-order valence-corrected chi connectivity index (χ4v) is 2.93. The van der Waals surface area contributed by atoms with E-state index >= 15 is 0 Å². The van der Waals surface area contributed by atoms with E-state index in [-0.39, 0.29) is 0 Å². The van der Waals surface area contributed by atoms with E-state index in [0.717, 1.165) is 20.8 Å². The number of hydrogen-bond acceptors (Lipinski definition) is 3. The molecule has 0 saturated carbocycles. The van der Waals surface area contributed by atoms with Gasteiger partial charge in [-0.15, -0.1) is 0 Å². The Balaban J connectivity index is 1.63. The van der Waals surface area contributed by atoms with Gasteiger partial charge in [0.1, 0.15) is 5.92 Å². The fraction of sp³-hybridized carbons (Fsp3) is 0.0952. The molecule has 0 aromatic heterocycles. The van der Waals surface area contributed by atoms with Gasteiger partial charge >= 0.3 is 0 Å². The van der Waals surface area contributed by atoms with Gasteiger partial charge in [0.25, 0.3) is 5.91 Å². The largest absolute Gasteiger partial charge is 0.324 e. The lowest BCUT2D eigenvalue weighted by atomic mass is 10.1. The van der Waals surface area contributed by atoms with Gasteiger partial charge in [-0.25, -0.2) is 5.43 Å². The minimum Gasteiger partial charge on any atom is -0.324 e. The van der Waals surface area contributed by atoms with Gasteiger partial charge in [-0.2, -0.15) is 5.10 Å². The summed E-state index contributed by atoms with van der Waals surface area (Å²) in [5.74, 6) is -1.77. The molecule has 3 rings (SSSR count). The first-order valence-electron chi connectivity index (χ1n) is 8.42. The number of carbonyl (C=O) groups excluding carboxylic acids is 2. The Morgan fingerprint density at radius 3 is 2.48 bits per heavy atom. The highest BCUT2D eigenvalue weighted by molar-refractivity contribution is 9.10. The lowest BCUT2D eigenvalue weighted by Gasteiger charge is -2.11. The highest BCUT2D eigenvalue weighted by Crippen LogP contribution is 2.21. The molecule has 2 N–H and O–H groups in total. The highest BCUT2D eigenvalue weighted by Gasteiger charge is 2.21. The van der Waals surface area contributed by atoms with Crippen molar-refractivity contribution >= 4 is 50.4 Å². The molecule has 0 fully saturated rings. The molecule has 0 radical (unpaired) electrons. The van der Waals surface area contributed by atoms with Crippen LogP contribution in [0, 0.1) is 5.92 Å². The van der Waals surface area contributed by atoms with E-state index in [2.05, 4.69) is 31.8 Å². The molecule has 0 aliphatic carbocycles. The Bertz CT molecular complexity index is 1010. The number of para-hydroxylation sites is 1. The van der Waals surface area contributed by atoms with Crippen molar-refractivity contribution in [3.05, 3.63) is 76.8 Å². The Morgan fingerprint density at radius 1 is 0.963 bits per heavy atom. The van der Waals surface area contributed by atoms with E-state index < -0.39 is 17.7 Å². The van der Waals surface area contributed by atoms with Crippen LogP contribution in [0.1, 0.15) is 12.5 Å². The van der Waals surface area contributed by atoms with E-state index in [1.54, 1.807) is 18.3 Å². The van der Waals surface area contributed by atoms with Crippen molar-refractivity contribution in [2.75, 3.05) is 5.32 Å². The number of hydrogen-bond donors (Lipinski definition) is 2. The smallest absolute Gasteiger partial charge is 0.252 e. The van der Waals surface area contributed by atoms with Crippen LogP contribution in [0.2, 0.25) is 0 Å². The van der Waals surface area contributed by atoms with Crippen LogP contribution in [-0.4, -0.2) is 18.0 Å². The average molecular weight is 424 g/mol. The van der Waals surface area contributed by atoms with E-state index in [9.17, 15) is 9.59 Å². The second-order valence-electron chi connectivity index (χ2n) is 5.99. The number of benzene rings is 3. The second kappa shape index (κ2) is 8.60. The number of halogens is 1. The van der Waals surface area contributed by atoms with Gasteiger partial charge in [-0.1, -0.05) is 54.6 Å². The molecule has 1 unspecified atom stereocenters. The van der Waals surface area contributed by atoms with Gasteiger partial charge < -0.3 is 5.32 Å². The van der Waals surface area contributed by atoms with E-state index in [1.165, 1.54) is 6.92 Å². The van der Waals surface area contributed by atoms with Gasteiger partial charge in [-0.3, -0.25) is 9.59 Å². The van der Waals surface area contributed by atoms with Gasteiger partial charge in [-0.05, 0) is 45.8 Å². The second-order valence-corrected chi connectivity index (χ2v) is 6.85. The Labute approximate surface area is 165 Å². The van der Waals surface area contributed by atoms with Crippen molar-refractivity contribution in [3.8, 4) is 0 Å². The monoisotopic (exact) mass is 423 g/mol. The maximum atomic E-state index is 12.3. The predicted octanol–water partition coefficient (Wildman–Crippen LogP) is 4.33. The van der Waals surface area contributed by atoms with E-state index in [0.29, 0.717) is 5.69 Å². The normalized spacial score (nSPS) is 12.1. The molecule has 0 bridgehead atoms. The van der Waals surface area contributed by atoms with Crippen LogP contribution in [0.25, 0.3) is 10.8 Å². The van der Waals surface area contributed by atoms with E-state index in [1.807, 2.05) is 54.6 Å². The Hall–Kier alpha value is -2.99. The molecule has 6 heteroatoms. The molecule has 3 aromatic carbocycles. The molecule has 2 amide bonds. The van der Waals surface area contributed by atoms with E-state index in [4.69, 9.17) is 0 Å². The number of amides is 2. The third kappa shape index (κ3) is 4.60. The quantitative estimate of drug-likeness (QED) is 0.364. The highest BCUT2D eigenvalue weighted by atomic mass is 79.9. The average Bonchev–Trinajstić information content (AvgIpc) is 2.69. The van der Waals surface area contributed by atoms with Crippen LogP contribution in [-0.2, 0) is 9.59 Å². The van der Waals surface area contributed by atoms with Gasteiger partial charge in [0.15, 0.2) is 0 Å². The molecule has 0 saturated heterocycles. The standard InChI is InChI=1S/C21H18BrN3O2/c1-14(20(26)24-19-12-5-4-11-18(19)22)21(27)25-23-13-16-9-6-8-15-7-2-3-10-17(15)16/h2-14H,1H3,(H,24,26)(H,25,27). The summed E-state index contributed by atoms with van der Waals surface area (Å²) in [6, 6.07) is 21.0. The fourth-order valence-electron chi connectivity index (χ4n) is 2.55. The number of hydrazone groups is 1. The minimum atomic E-state index is -0.887. The summed E-state index contributed by atoms with van der Waals surface area (Å²) in [4.78, 5) is 24.5. The molecule has 27 heavy (non-hydrogen) atoms. The van der Waals surface area contributed by atoms with Gasteiger partial charge in [0.2, 0.25) is 5.91 Å². The minimum absolute atomic E-state index is 0.403. The number of anilines is 1. The topological polar surface area (TPSA) is 70.6 Å². The van der Waals surface area contributed by atoms with Crippen LogP contribution in [0.5, 0.6) is 0 Å². The molecule has 0 aliphatic heterocycles. The zero-order valence-electron chi connectivity index (χ0n) is 14.6. The lowest BCUT2D eigenvalue weighted by molar-refractivity contribution is -0.131. The third-order valence-corrected chi connectivity index (χ3v) is 4.81. The van der Waals surface area contributed by atoms with Crippen LogP contribution >= 0.6 is 15.9 Å². The number of fused-ring (bicyclic) bond motifs is 1. The molecule has 0 spiro atoms. The molecule has 0 heterocycles. The van der Waals surface area contributed by atoms with Crippen LogP contribution < -0.4 is 10.7 Å². The summed E-state index contributed by atoms with van der Waals surface area (Å²) in [6.07, 6.45) is 1.58. The van der Waals surface area contributed by atoms with Crippen molar-refractivity contribution in [2.24, 2.45) is 11.0 Å². The number of nitrogens with one attached hydrogen (secondary N) is 2. The summed E-state index contributed by atoms with van der Waals surface area (Å²) >= 11 is 3.36. The first-order valence-corrected chi connectivity index (χ1v) is 9.21. The molecule has 3 aromatic rings. The van der Waals surface area contributed by atoms with Gasteiger partial charge in [0, 0.05) is 10.0 Å². The van der Waals surface area contributed by atoms with Gasteiger partial charge in [0.05, 0.1) is 11.9 Å². The number of carbonyl (C=O) groups is 2. The first-order chi connectivity index (χ1) is 13.1. The van der Waals surface area contributed by atoms with Crippen molar-refractivity contribution in [3.63, 3.8) is 0 Å². The Morgan fingerprint density at radius 2 is 1.67 bits per heavy atom. The lowest BCUT2D eigenvalue weighted by Crippen LogP contribution is -2.34. The predicted molar refractivity (Wildman–Crippen MR) is 112 cm³/mol. The van der Waals surface area contributed by atoms with Crippen LogP contribution in [0.3, 0.4) is 0 Å². The SMILES string of the molecule is CC(C(=O)NN=Cc1cccc2ccccc12)C(=O)Nc1ccccc1Br. The zero-order chi connectivity index (χ0) is 19.2. The molecular weight excluding hydrogens is 406 g/mol. The van der Waals surface area contributed by atoms with Crippen molar-refractivity contribution in [1.82, 2.24) is 5.43 Å². The summed E-state index contributed by atoms with van der Waals surface area (Å²) < 4.78 is 0.750. The molecule has 0 aliphatic rings. The maximum Gasteiger partial charge on any atom is 0.252 e. The zero-order valence-corrected chi connectivity index (χ0v) is 16.2. The summed E-state index contributed by atoms with van der Waals surface area (Å²) in [7, 11) is 0. The molecule has 136 valence electrons. The van der Waals surface area contributed by atoms with Crippen LogP contribution in [0.4, 0.5) is 5.69 Å². The third-order valence-electron chi connectivity index (χ3n) is 4.12. The number of nitrogens with zero attached hydrogens (tertiary/aromatic N) is 1. The first kappa shape index (κ1) is 18.8. The number of rotatable bonds is 5. The molecular formula is C21H18BrN3O2. The maximum absolute atomic E-state index is 12.3.